The average molecular weight is 225 g/mol. The SMILES string of the molecule is CC(C)(C)[C@H]1COC(=O)N1CC(=O)C=[N+]=[N-]. The van der Waals surface area contributed by atoms with Crippen LogP contribution in [0.15, 0.2) is 0 Å². The predicted molar refractivity (Wildman–Crippen MR) is 56.0 cm³/mol. The molecule has 0 aliphatic carbocycles. The zero-order chi connectivity index (χ0) is 12.3. The number of hydrogen-bond donors (Lipinski definition) is 0. The first-order chi connectivity index (χ1) is 7.36. The second-order valence-electron chi connectivity index (χ2n) is 4.80. The summed E-state index contributed by atoms with van der Waals surface area (Å²) in [6, 6.07) is -0.143. The highest BCUT2D eigenvalue weighted by Crippen LogP contribution is 2.28. The lowest BCUT2D eigenvalue weighted by Crippen LogP contribution is -2.45. The van der Waals surface area contributed by atoms with Gasteiger partial charge in [0.2, 0.25) is 0 Å². The Balaban J connectivity index is 2.78. The topological polar surface area (TPSA) is 83.0 Å². The zero-order valence-electron chi connectivity index (χ0n) is 9.64. The highest BCUT2D eigenvalue weighted by molar-refractivity contribution is 6.26. The summed E-state index contributed by atoms with van der Waals surface area (Å²) in [5.41, 5.74) is 8.05. The first kappa shape index (κ1) is 12.4. The number of hydrogen-bond acceptors (Lipinski definition) is 3. The lowest BCUT2D eigenvalue weighted by Gasteiger charge is -2.31. The van der Waals surface area contributed by atoms with Gasteiger partial charge >= 0.3 is 12.3 Å². The Labute approximate surface area is 93.8 Å². The maximum absolute atomic E-state index is 11.4. The Morgan fingerprint density at radius 3 is 2.81 bits per heavy atom. The van der Waals surface area contributed by atoms with Crippen LogP contribution in [0.25, 0.3) is 5.53 Å². The van der Waals surface area contributed by atoms with E-state index in [4.69, 9.17) is 10.3 Å². The number of ether oxygens (including phenoxy) is 1. The Morgan fingerprint density at radius 2 is 2.31 bits per heavy atom. The van der Waals surface area contributed by atoms with Crippen molar-refractivity contribution in [2.75, 3.05) is 13.2 Å². The molecule has 1 saturated heterocycles. The minimum Gasteiger partial charge on any atom is -0.447 e. The predicted octanol–water partition coefficient (Wildman–Crippen LogP) is 0.723. The lowest BCUT2D eigenvalue weighted by molar-refractivity contribution is -0.117. The molecule has 16 heavy (non-hydrogen) atoms. The Bertz CT molecular complexity index is 353. The molecule has 6 heteroatoms. The van der Waals surface area contributed by atoms with Crippen LogP contribution < -0.4 is 0 Å². The molecule has 0 aromatic rings. The molecule has 1 heterocycles. The molecule has 1 aliphatic heterocycles. The monoisotopic (exact) mass is 225 g/mol. The summed E-state index contributed by atoms with van der Waals surface area (Å²) >= 11 is 0. The van der Waals surface area contributed by atoms with Gasteiger partial charge in [-0.3, -0.25) is 9.69 Å². The number of carbonyl (C=O) groups is 2. The third-order valence-electron chi connectivity index (χ3n) is 2.50. The quantitative estimate of drug-likeness (QED) is 0.403. The van der Waals surface area contributed by atoms with Gasteiger partial charge in [-0.25, -0.2) is 4.79 Å². The molecule has 6 nitrogen and oxygen atoms in total. The van der Waals surface area contributed by atoms with Crippen LogP contribution in [0.5, 0.6) is 0 Å². The van der Waals surface area contributed by atoms with Crippen molar-refractivity contribution in [2.45, 2.75) is 26.8 Å². The fourth-order valence-electron chi connectivity index (χ4n) is 1.62. The summed E-state index contributed by atoms with van der Waals surface area (Å²) in [4.78, 5) is 26.7. The van der Waals surface area contributed by atoms with Gasteiger partial charge in [0.25, 0.3) is 5.78 Å². The van der Waals surface area contributed by atoms with Crippen molar-refractivity contribution in [1.82, 2.24) is 4.90 Å². The molecule has 1 atom stereocenters. The summed E-state index contributed by atoms with van der Waals surface area (Å²) < 4.78 is 4.91. The van der Waals surface area contributed by atoms with Crippen molar-refractivity contribution in [2.24, 2.45) is 5.41 Å². The molecule has 0 radical (unpaired) electrons. The van der Waals surface area contributed by atoms with Crippen molar-refractivity contribution in [3.8, 4) is 0 Å². The van der Waals surface area contributed by atoms with Crippen LogP contribution in [0.2, 0.25) is 0 Å². The molecular formula is C10H15N3O3. The fourth-order valence-corrected chi connectivity index (χ4v) is 1.62. The number of nitrogens with zero attached hydrogens (tertiary/aromatic N) is 3. The molecule has 0 unspecified atom stereocenters. The number of cyclic esters (lactones) is 1. The largest absolute Gasteiger partial charge is 0.447 e. The molecule has 0 aromatic carbocycles. The Morgan fingerprint density at radius 1 is 1.69 bits per heavy atom. The normalized spacial score (nSPS) is 20.3. The summed E-state index contributed by atoms with van der Waals surface area (Å²) in [5, 5.41) is 0. The van der Waals surface area contributed by atoms with Crippen LogP contribution in [0.1, 0.15) is 20.8 Å². The van der Waals surface area contributed by atoms with Crippen LogP contribution in [0.3, 0.4) is 0 Å². The van der Waals surface area contributed by atoms with Gasteiger partial charge in [0.15, 0.2) is 0 Å². The molecule has 1 rings (SSSR count). The van der Waals surface area contributed by atoms with E-state index >= 15 is 0 Å². The summed E-state index contributed by atoms with van der Waals surface area (Å²) in [7, 11) is 0. The summed E-state index contributed by atoms with van der Waals surface area (Å²) in [5.74, 6) is -0.435. The van der Waals surface area contributed by atoms with Gasteiger partial charge in [-0.15, -0.1) is 0 Å². The zero-order valence-corrected chi connectivity index (χ0v) is 9.64. The minimum absolute atomic E-state index is 0.120. The second kappa shape index (κ2) is 4.45. The third kappa shape index (κ3) is 2.67. The lowest BCUT2D eigenvalue weighted by atomic mass is 9.86. The highest BCUT2D eigenvalue weighted by Gasteiger charge is 2.41. The molecule has 0 bridgehead atoms. The van der Waals surface area contributed by atoms with Crippen LogP contribution in [0, 0.1) is 5.41 Å². The van der Waals surface area contributed by atoms with E-state index in [1.165, 1.54) is 4.90 Å². The van der Waals surface area contributed by atoms with Gasteiger partial charge in [-0.1, -0.05) is 20.8 Å². The molecule has 88 valence electrons. The fraction of sp³-hybridized carbons (Fsp3) is 0.700. The minimum atomic E-state index is -0.500. The van der Waals surface area contributed by atoms with E-state index in [0.717, 1.165) is 6.21 Å². The molecule has 0 saturated carbocycles. The Kier molecular flexibility index (Phi) is 3.44. The molecule has 1 amide bonds. The second-order valence-corrected chi connectivity index (χ2v) is 4.80. The van der Waals surface area contributed by atoms with Gasteiger partial charge in [-0.2, -0.15) is 4.79 Å². The average Bonchev–Trinajstić information content (AvgIpc) is 2.47. The standard InChI is InChI=1S/C10H15N3O3/c1-10(2,3)8-6-16-9(15)13(8)5-7(14)4-12-11/h4,8H,5-6H2,1-3H3/t8-/m1/s1. The van der Waals surface area contributed by atoms with Gasteiger partial charge in [0.05, 0.1) is 12.6 Å². The Hall–Kier alpha value is -1.68. The van der Waals surface area contributed by atoms with Gasteiger partial charge < -0.3 is 10.3 Å². The van der Waals surface area contributed by atoms with Crippen LogP contribution in [-0.4, -0.2) is 47.0 Å². The van der Waals surface area contributed by atoms with E-state index in [1.807, 2.05) is 20.8 Å². The van der Waals surface area contributed by atoms with E-state index in [9.17, 15) is 9.59 Å². The van der Waals surface area contributed by atoms with E-state index < -0.39 is 11.9 Å². The molecule has 1 aliphatic rings. The van der Waals surface area contributed by atoms with Crippen molar-refractivity contribution in [3.63, 3.8) is 0 Å². The first-order valence-corrected chi connectivity index (χ1v) is 5.00. The summed E-state index contributed by atoms with van der Waals surface area (Å²) in [6.07, 6.45) is 0.283. The maximum atomic E-state index is 11.4. The molecule has 0 spiro atoms. The highest BCUT2D eigenvalue weighted by atomic mass is 16.6. The van der Waals surface area contributed by atoms with Crippen LogP contribution >= 0.6 is 0 Å². The van der Waals surface area contributed by atoms with Gasteiger partial charge in [0, 0.05) is 0 Å². The first-order valence-electron chi connectivity index (χ1n) is 5.00. The van der Waals surface area contributed by atoms with Gasteiger partial charge in [-0.05, 0) is 5.41 Å². The number of Topliss-reactive ketones (excluding diaryl/α,β-unsaturated/α-hetero) is 1. The van der Waals surface area contributed by atoms with Gasteiger partial charge in [0.1, 0.15) is 6.61 Å². The maximum Gasteiger partial charge on any atom is 0.410 e. The molecule has 0 N–H and O–H groups in total. The van der Waals surface area contributed by atoms with E-state index in [1.54, 1.807) is 0 Å². The number of carbonyl (C=O) groups excluding carboxylic acids is 2. The molecule has 0 aromatic heterocycles. The number of ketones is 1. The van der Waals surface area contributed by atoms with E-state index in [0.29, 0.717) is 0 Å². The van der Waals surface area contributed by atoms with Crippen LogP contribution in [0.4, 0.5) is 4.79 Å². The third-order valence-corrected chi connectivity index (χ3v) is 2.50. The smallest absolute Gasteiger partial charge is 0.410 e. The van der Waals surface area contributed by atoms with Crippen molar-refractivity contribution >= 4 is 18.1 Å². The van der Waals surface area contributed by atoms with Crippen LogP contribution in [-0.2, 0) is 9.53 Å². The van der Waals surface area contributed by atoms with E-state index in [2.05, 4.69) is 4.79 Å². The van der Waals surface area contributed by atoms with Crippen molar-refractivity contribution in [3.05, 3.63) is 5.53 Å². The number of amides is 1. The molecule has 1 fully saturated rings. The number of rotatable bonds is 3. The van der Waals surface area contributed by atoms with Crippen molar-refractivity contribution in [1.29, 1.82) is 0 Å². The van der Waals surface area contributed by atoms with E-state index in [-0.39, 0.29) is 24.6 Å². The molecular weight excluding hydrogens is 210 g/mol. The van der Waals surface area contributed by atoms with Crippen molar-refractivity contribution < 1.29 is 19.1 Å². The summed E-state index contributed by atoms with van der Waals surface area (Å²) in [6.45, 7) is 6.07.